The van der Waals surface area contributed by atoms with Crippen molar-refractivity contribution in [3.05, 3.63) is 29.3 Å². The van der Waals surface area contributed by atoms with Gasteiger partial charge in [-0.1, -0.05) is 32.3 Å². The number of hydrogen-bond acceptors (Lipinski definition) is 5. The normalized spacial score (nSPS) is 17.7. The number of ether oxygens (including phenoxy) is 4. The van der Waals surface area contributed by atoms with Crippen molar-refractivity contribution in [3.63, 3.8) is 0 Å². The Labute approximate surface area is 157 Å². The van der Waals surface area contributed by atoms with Gasteiger partial charge >= 0.3 is 5.97 Å². The van der Waals surface area contributed by atoms with Crippen molar-refractivity contribution in [3.8, 4) is 5.75 Å². The molecule has 0 radical (unpaired) electrons. The lowest BCUT2D eigenvalue weighted by Gasteiger charge is -2.35. The van der Waals surface area contributed by atoms with E-state index in [-0.39, 0.29) is 0 Å². The molecule has 0 unspecified atom stereocenters. The summed E-state index contributed by atoms with van der Waals surface area (Å²) < 4.78 is 22.5. The third-order valence-corrected chi connectivity index (χ3v) is 4.79. The van der Waals surface area contributed by atoms with E-state index in [2.05, 4.69) is 13.0 Å². The molecule has 0 bridgehead atoms. The van der Waals surface area contributed by atoms with E-state index in [1.807, 2.05) is 19.1 Å². The molecule has 1 fully saturated rings. The largest absolute Gasteiger partial charge is 0.424 e. The Kier molecular flexibility index (Phi) is 8.07. The predicted molar refractivity (Wildman–Crippen MR) is 100 cm³/mol. The fraction of sp³-hybridized carbons (Fsp3) is 0.667. The standard InChI is InChI=1S/C21H32O5/c1-5-6-7-8-10-17-11-12-19(26-20(22)16(2)23-4)18(15-17)21(3)24-13-9-14-25-21/h11-12,15-16H,5-10,13-14H2,1-4H3/t16-/m1/s1. The summed E-state index contributed by atoms with van der Waals surface area (Å²) >= 11 is 0. The van der Waals surface area contributed by atoms with Gasteiger partial charge in [0.25, 0.3) is 0 Å². The smallest absolute Gasteiger partial charge is 0.340 e. The number of carbonyl (C=O) groups excluding carboxylic acids is 1. The van der Waals surface area contributed by atoms with Crippen molar-refractivity contribution in [2.45, 2.75) is 71.2 Å². The highest BCUT2D eigenvalue weighted by molar-refractivity contribution is 5.77. The van der Waals surface area contributed by atoms with Gasteiger partial charge in [0, 0.05) is 7.11 Å². The highest BCUT2D eigenvalue weighted by Crippen LogP contribution is 2.37. The molecule has 1 aliphatic heterocycles. The van der Waals surface area contributed by atoms with Crippen molar-refractivity contribution in [2.75, 3.05) is 20.3 Å². The molecule has 0 N–H and O–H groups in total. The Morgan fingerprint density at radius 1 is 1.23 bits per heavy atom. The van der Waals surface area contributed by atoms with Crippen molar-refractivity contribution >= 4 is 5.97 Å². The minimum Gasteiger partial charge on any atom is -0.424 e. The van der Waals surface area contributed by atoms with Crippen LogP contribution in [0, 0.1) is 0 Å². The minimum absolute atomic E-state index is 0.427. The molecule has 0 aromatic heterocycles. The van der Waals surface area contributed by atoms with E-state index in [4.69, 9.17) is 18.9 Å². The van der Waals surface area contributed by atoms with Gasteiger partial charge in [-0.05, 0) is 50.8 Å². The maximum absolute atomic E-state index is 12.2. The van der Waals surface area contributed by atoms with Crippen LogP contribution in [0.2, 0.25) is 0 Å². The van der Waals surface area contributed by atoms with Crippen LogP contribution >= 0.6 is 0 Å². The molecule has 1 aromatic rings. The molecule has 5 heteroatoms. The van der Waals surface area contributed by atoms with E-state index >= 15 is 0 Å². The third kappa shape index (κ3) is 5.53. The fourth-order valence-electron chi connectivity index (χ4n) is 3.01. The summed E-state index contributed by atoms with van der Waals surface area (Å²) in [5, 5.41) is 0. The predicted octanol–water partition coefficient (Wildman–Crippen LogP) is 4.36. The molecule has 146 valence electrons. The van der Waals surface area contributed by atoms with Crippen molar-refractivity contribution in [2.24, 2.45) is 0 Å². The molecular formula is C21H32O5. The average Bonchev–Trinajstić information content (AvgIpc) is 2.66. The van der Waals surface area contributed by atoms with Crippen LogP contribution in [-0.4, -0.2) is 32.4 Å². The van der Waals surface area contributed by atoms with Gasteiger partial charge in [0.05, 0.1) is 18.8 Å². The van der Waals surface area contributed by atoms with Crippen molar-refractivity contribution in [1.29, 1.82) is 0 Å². The lowest BCUT2D eigenvalue weighted by Crippen LogP contribution is -2.36. The molecule has 1 saturated heterocycles. The lowest BCUT2D eigenvalue weighted by molar-refractivity contribution is -0.265. The van der Waals surface area contributed by atoms with E-state index in [9.17, 15) is 4.79 Å². The maximum Gasteiger partial charge on any atom is 0.340 e. The Balaban J connectivity index is 2.23. The zero-order valence-corrected chi connectivity index (χ0v) is 16.5. The van der Waals surface area contributed by atoms with Crippen molar-refractivity contribution in [1.82, 2.24) is 0 Å². The summed E-state index contributed by atoms with van der Waals surface area (Å²) in [5.74, 6) is -0.853. The number of benzene rings is 1. The van der Waals surface area contributed by atoms with Crippen LogP contribution in [0.3, 0.4) is 0 Å². The van der Waals surface area contributed by atoms with E-state index in [0.29, 0.717) is 19.0 Å². The van der Waals surface area contributed by atoms with E-state index < -0.39 is 17.9 Å². The van der Waals surface area contributed by atoms with E-state index in [1.165, 1.54) is 31.9 Å². The Hall–Kier alpha value is -1.43. The van der Waals surface area contributed by atoms with Gasteiger partial charge < -0.3 is 18.9 Å². The number of rotatable bonds is 9. The average molecular weight is 364 g/mol. The summed E-state index contributed by atoms with van der Waals surface area (Å²) in [7, 11) is 1.49. The highest BCUT2D eigenvalue weighted by Gasteiger charge is 2.35. The minimum atomic E-state index is -0.899. The van der Waals surface area contributed by atoms with Crippen LogP contribution in [0.25, 0.3) is 0 Å². The van der Waals surface area contributed by atoms with Crippen LogP contribution in [0.15, 0.2) is 18.2 Å². The zero-order valence-electron chi connectivity index (χ0n) is 16.5. The molecule has 26 heavy (non-hydrogen) atoms. The first-order valence-corrected chi connectivity index (χ1v) is 9.66. The molecule has 0 spiro atoms. The fourth-order valence-corrected chi connectivity index (χ4v) is 3.01. The second-order valence-electron chi connectivity index (χ2n) is 6.94. The van der Waals surface area contributed by atoms with Gasteiger partial charge in [0.1, 0.15) is 5.75 Å². The van der Waals surface area contributed by atoms with E-state index in [1.54, 1.807) is 6.92 Å². The molecular weight excluding hydrogens is 332 g/mol. The number of methoxy groups -OCH3 is 1. The second kappa shape index (κ2) is 10.0. The second-order valence-corrected chi connectivity index (χ2v) is 6.94. The zero-order chi connectivity index (χ0) is 19.0. The number of unbranched alkanes of at least 4 members (excludes halogenated alkanes) is 3. The van der Waals surface area contributed by atoms with Crippen molar-refractivity contribution < 1.29 is 23.7 Å². The van der Waals surface area contributed by atoms with E-state index in [0.717, 1.165) is 24.8 Å². The molecule has 0 aliphatic carbocycles. The molecule has 1 aliphatic rings. The molecule has 0 saturated carbocycles. The van der Waals surface area contributed by atoms with Gasteiger partial charge in [-0.25, -0.2) is 4.79 Å². The molecule has 2 rings (SSSR count). The first-order valence-electron chi connectivity index (χ1n) is 9.66. The monoisotopic (exact) mass is 364 g/mol. The van der Waals surface area contributed by atoms with Crippen LogP contribution in [0.4, 0.5) is 0 Å². The Morgan fingerprint density at radius 3 is 2.62 bits per heavy atom. The van der Waals surface area contributed by atoms with Gasteiger partial charge in [-0.15, -0.1) is 0 Å². The molecule has 5 nitrogen and oxygen atoms in total. The summed E-state index contributed by atoms with van der Waals surface area (Å²) in [4.78, 5) is 12.2. The summed E-state index contributed by atoms with van der Waals surface area (Å²) in [6.45, 7) is 7.01. The van der Waals surface area contributed by atoms with Crippen LogP contribution in [0.1, 0.15) is 64.0 Å². The number of carbonyl (C=O) groups is 1. The first-order chi connectivity index (χ1) is 12.5. The maximum atomic E-state index is 12.2. The highest BCUT2D eigenvalue weighted by atomic mass is 16.7. The van der Waals surface area contributed by atoms with Gasteiger partial charge in [-0.2, -0.15) is 0 Å². The first kappa shape index (κ1) is 20.9. The third-order valence-electron chi connectivity index (χ3n) is 4.79. The number of aryl methyl sites for hydroxylation is 1. The SMILES string of the molecule is CCCCCCc1ccc(OC(=O)[C@@H](C)OC)c(C2(C)OCCCO2)c1. The van der Waals surface area contributed by atoms with Crippen LogP contribution < -0.4 is 4.74 Å². The summed E-state index contributed by atoms with van der Waals surface area (Å²) in [6, 6.07) is 5.91. The quantitative estimate of drug-likeness (QED) is 0.370. The number of hydrogen-bond donors (Lipinski definition) is 0. The van der Waals surface area contributed by atoms with Crippen LogP contribution in [-0.2, 0) is 31.2 Å². The summed E-state index contributed by atoms with van der Waals surface area (Å²) in [6.07, 6.45) is 6.06. The van der Waals surface area contributed by atoms with Gasteiger partial charge in [-0.3, -0.25) is 0 Å². The molecule has 1 aromatic carbocycles. The lowest BCUT2D eigenvalue weighted by atomic mass is 9.98. The topological polar surface area (TPSA) is 54.0 Å². The molecule has 0 amide bonds. The Morgan fingerprint density at radius 2 is 1.96 bits per heavy atom. The Bertz CT molecular complexity index is 578. The van der Waals surface area contributed by atoms with Crippen LogP contribution in [0.5, 0.6) is 5.75 Å². The van der Waals surface area contributed by atoms with Gasteiger partial charge in [0.2, 0.25) is 0 Å². The van der Waals surface area contributed by atoms with Gasteiger partial charge in [0.15, 0.2) is 11.9 Å². The molecule has 1 atom stereocenters. The summed E-state index contributed by atoms with van der Waals surface area (Å²) in [5.41, 5.74) is 1.97. The number of esters is 1. The molecule has 1 heterocycles.